The van der Waals surface area contributed by atoms with Crippen molar-refractivity contribution in [3.8, 4) is 0 Å². The molecule has 2 aromatic carbocycles. The van der Waals surface area contributed by atoms with Crippen LogP contribution in [0.5, 0.6) is 0 Å². The molecule has 3 aliphatic heterocycles. The summed E-state index contributed by atoms with van der Waals surface area (Å²) >= 11 is 16.5. The maximum atomic E-state index is 6.74. The molecule has 3 heterocycles. The van der Waals surface area contributed by atoms with Gasteiger partial charge in [0.05, 0.1) is 28.0 Å². The maximum Gasteiger partial charge on any atom is 0.119 e. The first-order valence-electron chi connectivity index (χ1n) is 11.6. The highest BCUT2D eigenvalue weighted by atomic mass is 35.5. The Morgan fingerprint density at radius 3 is 2.68 bits per heavy atom. The van der Waals surface area contributed by atoms with Gasteiger partial charge < -0.3 is 19.8 Å². The predicted molar refractivity (Wildman–Crippen MR) is 154 cm³/mol. The molecule has 0 saturated carbocycles. The SMILES string of the molecule is CN1CSC=C1NSc1cc(Cl)c(Nc2ccc(Cl)cc2N2CCC(N3CCCC3)C2)cc1P. The van der Waals surface area contributed by atoms with Gasteiger partial charge >= 0.3 is 0 Å². The normalized spacial score (nSPS) is 20.8. The molecule has 182 valence electrons. The number of nitrogens with zero attached hydrogens (tertiary/aromatic N) is 3. The van der Waals surface area contributed by atoms with Gasteiger partial charge in [-0.15, -0.1) is 21.0 Å². The van der Waals surface area contributed by atoms with Gasteiger partial charge in [-0.25, -0.2) is 0 Å². The zero-order valence-corrected chi connectivity index (χ0v) is 23.5. The van der Waals surface area contributed by atoms with Crippen LogP contribution in [0.3, 0.4) is 0 Å². The Morgan fingerprint density at radius 1 is 1.09 bits per heavy atom. The molecule has 10 heteroatoms. The number of benzene rings is 2. The molecule has 2 saturated heterocycles. The molecular weight excluding hydrogens is 524 g/mol. The highest BCUT2D eigenvalue weighted by molar-refractivity contribution is 8.02. The zero-order valence-electron chi connectivity index (χ0n) is 19.2. The molecular formula is C24H30Cl2N5PS2. The Bertz CT molecular complexity index is 1080. The second-order valence-corrected chi connectivity index (χ2v) is 12.1. The molecule has 0 bridgehead atoms. The van der Waals surface area contributed by atoms with E-state index in [0.717, 1.165) is 57.1 Å². The highest BCUT2D eigenvalue weighted by Gasteiger charge is 2.30. The van der Waals surface area contributed by atoms with Crippen LogP contribution in [0.15, 0.2) is 46.5 Å². The van der Waals surface area contributed by atoms with Crippen LogP contribution in [-0.2, 0) is 0 Å². The standard InChI is InChI=1S/C24H30Cl2N5PS2/c1-29-15-33-14-24(29)28-34-23-11-18(26)20(12-22(23)32)27-19-5-4-16(25)10-21(19)31-9-6-17(13-31)30-7-2-3-8-30/h4-5,10-12,14,17,27-28H,2-3,6-9,13,15,32H2,1H3. The Morgan fingerprint density at radius 2 is 1.91 bits per heavy atom. The summed E-state index contributed by atoms with van der Waals surface area (Å²) in [6.07, 6.45) is 3.85. The van der Waals surface area contributed by atoms with Crippen LogP contribution in [0.25, 0.3) is 0 Å². The minimum Gasteiger partial charge on any atom is -0.368 e. The molecule has 5 nitrogen and oxygen atoms in total. The van der Waals surface area contributed by atoms with Gasteiger partial charge in [0.15, 0.2) is 0 Å². The molecule has 0 radical (unpaired) electrons. The smallest absolute Gasteiger partial charge is 0.119 e. The molecule has 2 unspecified atom stereocenters. The van der Waals surface area contributed by atoms with Crippen molar-refractivity contribution in [2.45, 2.75) is 30.2 Å². The maximum absolute atomic E-state index is 6.74. The summed E-state index contributed by atoms with van der Waals surface area (Å²) in [4.78, 5) is 8.38. The summed E-state index contributed by atoms with van der Waals surface area (Å²) in [5.41, 5.74) is 3.07. The largest absolute Gasteiger partial charge is 0.368 e. The lowest BCUT2D eigenvalue weighted by Crippen LogP contribution is -2.35. The van der Waals surface area contributed by atoms with Crippen molar-refractivity contribution in [3.63, 3.8) is 0 Å². The van der Waals surface area contributed by atoms with Crippen molar-refractivity contribution in [1.29, 1.82) is 0 Å². The molecule has 2 aromatic rings. The molecule has 0 amide bonds. The second-order valence-electron chi connectivity index (χ2n) is 8.99. The lowest BCUT2D eigenvalue weighted by molar-refractivity contribution is 0.260. The van der Waals surface area contributed by atoms with E-state index in [-0.39, 0.29) is 0 Å². The lowest BCUT2D eigenvalue weighted by Gasteiger charge is -2.26. The van der Waals surface area contributed by atoms with Crippen LogP contribution in [0.4, 0.5) is 17.1 Å². The van der Waals surface area contributed by atoms with Gasteiger partial charge in [0.2, 0.25) is 0 Å². The fourth-order valence-corrected chi connectivity index (χ4v) is 7.30. The first-order chi connectivity index (χ1) is 16.5. The number of anilines is 3. The molecule has 34 heavy (non-hydrogen) atoms. The monoisotopic (exact) mass is 553 g/mol. The first-order valence-corrected chi connectivity index (χ1v) is 14.8. The summed E-state index contributed by atoms with van der Waals surface area (Å²) in [7, 11) is 4.92. The molecule has 2 atom stereocenters. The van der Waals surface area contributed by atoms with Gasteiger partial charge in [-0.3, -0.25) is 4.90 Å². The second kappa shape index (κ2) is 11.0. The van der Waals surface area contributed by atoms with Crippen molar-refractivity contribution < 1.29 is 0 Å². The Balaban J connectivity index is 1.31. The fraction of sp³-hybridized carbons (Fsp3) is 0.417. The summed E-state index contributed by atoms with van der Waals surface area (Å²) in [5, 5.41) is 8.26. The van der Waals surface area contributed by atoms with E-state index in [0.29, 0.717) is 11.1 Å². The van der Waals surface area contributed by atoms with Crippen molar-refractivity contribution in [3.05, 3.63) is 51.6 Å². The van der Waals surface area contributed by atoms with E-state index in [1.54, 1.807) is 23.7 Å². The summed E-state index contributed by atoms with van der Waals surface area (Å²) in [6, 6.07) is 10.8. The zero-order chi connectivity index (χ0) is 23.7. The molecule has 3 aliphatic rings. The van der Waals surface area contributed by atoms with E-state index in [2.05, 4.69) is 64.6 Å². The molecule has 0 spiro atoms. The molecule has 2 fully saturated rings. The van der Waals surface area contributed by atoms with E-state index < -0.39 is 0 Å². The van der Waals surface area contributed by atoms with E-state index >= 15 is 0 Å². The van der Waals surface area contributed by atoms with Gasteiger partial charge in [-0.1, -0.05) is 23.2 Å². The average molecular weight is 555 g/mol. The summed E-state index contributed by atoms with van der Waals surface area (Å²) in [6.45, 7) is 4.55. The molecule has 0 aliphatic carbocycles. The lowest BCUT2D eigenvalue weighted by atomic mass is 10.2. The van der Waals surface area contributed by atoms with Gasteiger partial charge in [0.25, 0.3) is 0 Å². The number of thioether (sulfide) groups is 1. The van der Waals surface area contributed by atoms with Gasteiger partial charge in [-0.05, 0) is 79.9 Å². The molecule has 5 rings (SSSR count). The Hall–Kier alpha value is -0.950. The van der Waals surface area contributed by atoms with Crippen LogP contribution in [0.2, 0.25) is 10.0 Å². The van der Waals surface area contributed by atoms with E-state index in [1.165, 1.54) is 32.4 Å². The van der Waals surface area contributed by atoms with Crippen molar-refractivity contribution in [2.75, 3.05) is 49.3 Å². The topological polar surface area (TPSA) is 33.8 Å². The van der Waals surface area contributed by atoms with Crippen LogP contribution in [0, 0.1) is 0 Å². The third kappa shape index (κ3) is 5.55. The molecule has 2 N–H and O–H groups in total. The van der Waals surface area contributed by atoms with Crippen molar-refractivity contribution in [1.82, 2.24) is 14.5 Å². The van der Waals surface area contributed by atoms with Crippen molar-refractivity contribution in [2.24, 2.45) is 0 Å². The third-order valence-electron chi connectivity index (χ3n) is 6.63. The first kappa shape index (κ1) is 24.7. The number of hydrogen-bond donors (Lipinski definition) is 2. The molecule has 0 aromatic heterocycles. The summed E-state index contributed by atoms with van der Waals surface area (Å²) < 4.78 is 3.43. The number of rotatable bonds is 7. The van der Waals surface area contributed by atoms with Crippen LogP contribution in [0.1, 0.15) is 19.3 Å². The van der Waals surface area contributed by atoms with Gasteiger partial charge in [0.1, 0.15) is 5.82 Å². The average Bonchev–Trinajstić information content (AvgIpc) is 3.58. The highest BCUT2D eigenvalue weighted by Crippen LogP contribution is 2.37. The minimum atomic E-state index is 0.632. The van der Waals surface area contributed by atoms with E-state index in [4.69, 9.17) is 23.2 Å². The van der Waals surface area contributed by atoms with Gasteiger partial charge in [0, 0.05) is 41.5 Å². The van der Waals surface area contributed by atoms with Gasteiger partial charge in [-0.2, -0.15) is 0 Å². The quantitative estimate of drug-likeness (QED) is 0.324. The van der Waals surface area contributed by atoms with Crippen LogP contribution >= 0.6 is 56.2 Å². The number of hydrogen-bond acceptors (Lipinski definition) is 7. The third-order valence-corrected chi connectivity index (χ3v) is 9.68. The Kier molecular flexibility index (Phi) is 7.99. The van der Waals surface area contributed by atoms with Crippen molar-refractivity contribution >= 4 is 78.5 Å². The summed E-state index contributed by atoms with van der Waals surface area (Å²) in [5.74, 6) is 2.08. The minimum absolute atomic E-state index is 0.632. The van der Waals surface area contributed by atoms with Crippen LogP contribution in [-0.4, -0.2) is 54.9 Å². The van der Waals surface area contributed by atoms with Crippen LogP contribution < -0.4 is 20.2 Å². The number of halogens is 2. The number of nitrogens with one attached hydrogen (secondary N) is 2. The van der Waals surface area contributed by atoms with E-state index in [9.17, 15) is 0 Å². The Labute approximate surface area is 223 Å². The fourth-order valence-electron chi connectivity index (χ4n) is 4.74. The van der Waals surface area contributed by atoms with E-state index in [1.807, 2.05) is 12.1 Å². The number of likely N-dealkylation sites (tertiary alicyclic amines) is 1. The predicted octanol–water partition coefficient (Wildman–Crippen LogP) is 5.94.